The number of nitrogens with one attached hydrogen (secondary N) is 1. The third-order valence-electron chi connectivity index (χ3n) is 0.995. The van der Waals surface area contributed by atoms with Gasteiger partial charge in [0.1, 0.15) is 4.21 Å². The number of amides is 2. The molecule has 0 radical (unpaired) electrons. The van der Waals surface area contributed by atoms with E-state index in [-0.39, 0.29) is 4.21 Å². The molecule has 0 saturated carbocycles. The van der Waals surface area contributed by atoms with Crippen LogP contribution in [0, 0.1) is 0 Å². The summed E-state index contributed by atoms with van der Waals surface area (Å²) in [5.74, 6) is 0. The Morgan fingerprint density at radius 3 is 2.67 bits per heavy atom. The van der Waals surface area contributed by atoms with Crippen molar-refractivity contribution >= 4 is 27.4 Å². The minimum atomic E-state index is -3.72. The maximum Gasteiger partial charge on any atom is 0.326 e. The Hall–Kier alpha value is -1.08. The monoisotopic (exact) mass is 206 g/mol. The van der Waals surface area contributed by atoms with E-state index in [9.17, 15) is 13.2 Å². The predicted molar refractivity (Wildman–Crippen MR) is 44.2 cm³/mol. The number of carbonyl (C=O) groups excluding carboxylic acids is 1. The summed E-state index contributed by atoms with van der Waals surface area (Å²) >= 11 is 1.01. The van der Waals surface area contributed by atoms with Crippen molar-refractivity contribution in [3.63, 3.8) is 0 Å². The van der Waals surface area contributed by atoms with Gasteiger partial charge in [0.2, 0.25) is 0 Å². The van der Waals surface area contributed by atoms with Gasteiger partial charge in [-0.1, -0.05) is 6.07 Å². The van der Waals surface area contributed by atoms with Gasteiger partial charge in [-0.25, -0.2) is 17.9 Å². The molecule has 0 atom stereocenters. The summed E-state index contributed by atoms with van der Waals surface area (Å²) in [6.07, 6.45) is 0. The minimum Gasteiger partial charge on any atom is -0.351 e. The molecule has 0 aliphatic heterocycles. The van der Waals surface area contributed by atoms with Crippen LogP contribution in [0.4, 0.5) is 4.79 Å². The lowest BCUT2D eigenvalue weighted by molar-refractivity contribution is 0.253. The highest BCUT2D eigenvalue weighted by atomic mass is 32.2. The number of hydrogen-bond donors (Lipinski definition) is 2. The van der Waals surface area contributed by atoms with E-state index in [1.54, 1.807) is 16.2 Å². The predicted octanol–water partition coefficient (Wildman–Crippen LogP) is 0.105. The standard InChI is InChI=1S/C5H6N2O3S2/c6-5(8)7-12(9,10)4-2-1-3-11-4/h1-3H,(H3,6,7,8). The molecule has 1 aromatic rings. The smallest absolute Gasteiger partial charge is 0.326 e. The van der Waals surface area contributed by atoms with Crippen molar-refractivity contribution in [2.75, 3.05) is 0 Å². The van der Waals surface area contributed by atoms with Crippen molar-refractivity contribution in [3.8, 4) is 0 Å². The Morgan fingerprint density at radius 1 is 1.58 bits per heavy atom. The van der Waals surface area contributed by atoms with Crippen LogP contribution in [0.25, 0.3) is 0 Å². The Bertz CT molecular complexity index is 367. The van der Waals surface area contributed by atoms with Crippen LogP contribution in [0.5, 0.6) is 0 Å². The van der Waals surface area contributed by atoms with Crippen LogP contribution < -0.4 is 10.5 Å². The van der Waals surface area contributed by atoms with E-state index in [1.807, 2.05) is 0 Å². The zero-order chi connectivity index (χ0) is 9.19. The zero-order valence-electron chi connectivity index (χ0n) is 5.85. The van der Waals surface area contributed by atoms with Gasteiger partial charge in [0.05, 0.1) is 0 Å². The molecule has 0 saturated heterocycles. The lowest BCUT2D eigenvalue weighted by atomic mass is 10.7. The van der Waals surface area contributed by atoms with Crippen molar-refractivity contribution in [3.05, 3.63) is 17.5 Å². The molecule has 0 spiro atoms. The molecule has 1 rings (SSSR count). The second kappa shape index (κ2) is 3.11. The number of thiophene rings is 1. The summed E-state index contributed by atoms with van der Waals surface area (Å²) in [6, 6.07) is 1.87. The third-order valence-corrected chi connectivity index (χ3v) is 3.74. The molecule has 66 valence electrons. The summed E-state index contributed by atoms with van der Waals surface area (Å²) in [4.78, 5) is 10.2. The Balaban J connectivity index is 2.96. The van der Waals surface area contributed by atoms with Crippen LogP contribution in [0.3, 0.4) is 0 Å². The minimum absolute atomic E-state index is 0.0706. The molecule has 5 nitrogen and oxygen atoms in total. The zero-order valence-corrected chi connectivity index (χ0v) is 7.48. The highest BCUT2D eigenvalue weighted by molar-refractivity contribution is 7.92. The number of hydrogen-bond acceptors (Lipinski definition) is 4. The van der Waals surface area contributed by atoms with Gasteiger partial charge in [-0.15, -0.1) is 11.3 Å². The summed E-state index contributed by atoms with van der Waals surface area (Å²) in [6.45, 7) is 0. The van der Waals surface area contributed by atoms with E-state index < -0.39 is 16.1 Å². The van der Waals surface area contributed by atoms with Crippen molar-refractivity contribution < 1.29 is 13.2 Å². The largest absolute Gasteiger partial charge is 0.351 e. The first kappa shape index (κ1) is 9.01. The molecule has 0 aliphatic carbocycles. The molecule has 0 aliphatic rings. The van der Waals surface area contributed by atoms with Gasteiger partial charge in [0, 0.05) is 0 Å². The molecular weight excluding hydrogens is 200 g/mol. The van der Waals surface area contributed by atoms with E-state index >= 15 is 0 Å². The van der Waals surface area contributed by atoms with E-state index in [2.05, 4.69) is 5.73 Å². The number of carbonyl (C=O) groups is 1. The van der Waals surface area contributed by atoms with Crippen LogP contribution in [-0.4, -0.2) is 14.4 Å². The van der Waals surface area contributed by atoms with Crippen molar-refractivity contribution in [2.45, 2.75) is 4.21 Å². The quantitative estimate of drug-likeness (QED) is 0.719. The summed E-state index contributed by atoms with van der Waals surface area (Å²) in [7, 11) is -3.72. The molecule has 2 amide bonds. The fraction of sp³-hybridized carbons (Fsp3) is 0. The molecule has 0 unspecified atom stereocenters. The number of sulfonamides is 1. The van der Waals surface area contributed by atoms with Crippen LogP contribution in [0.1, 0.15) is 0 Å². The van der Waals surface area contributed by atoms with E-state index in [0.717, 1.165) is 11.3 Å². The first-order valence-corrected chi connectivity index (χ1v) is 5.24. The fourth-order valence-electron chi connectivity index (χ4n) is 0.599. The maximum absolute atomic E-state index is 11.1. The van der Waals surface area contributed by atoms with E-state index in [4.69, 9.17) is 0 Å². The molecule has 1 aromatic heterocycles. The Morgan fingerprint density at radius 2 is 2.25 bits per heavy atom. The Labute approximate surface area is 73.2 Å². The summed E-state index contributed by atoms with van der Waals surface area (Å²) in [5, 5.41) is 1.59. The van der Waals surface area contributed by atoms with Gasteiger partial charge in [-0.3, -0.25) is 0 Å². The highest BCUT2D eigenvalue weighted by Crippen LogP contribution is 2.14. The third kappa shape index (κ3) is 1.95. The average molecular weight is 206 g/mol. The second-order valence-corrected chi connectivity index (χ2v) is 4.76. The van der Waals surface area contributed by atoms with E-state index in [1.165, 1.54) is 6.07 Å². The normalized spacial score (nSPS) is 11.0. The van der Waals surface area contributed by atoms with Gasteiger partial charge in [-0.2, -0.15) is 0 Å². The Kier molecular flexibility index (Phi) is 2.34. The van der Waals surface area contributed by atoms with Gasteiger partial charge >= 0.3 is 6.03 Å². The van der Waals surface area contributed by atoms with Gasteiger partial charge in [0.25, 0.3) is 10.0 Å². The SMILES string of the molecule is NC(=O)NS(=O)(=O)c1cccs1. The molecule has 3 N–H and O–H groups in total. The fourth-order valence-corrected chi connectivity index (χ4v) is 2.47. The van der Waals surface area contributed by atoms with Crippen LogP contribution >= 0.6 is 11.3 Å². The number of rotatable bonds is 2. The topological polar surface area (TPSA) is 89.3 Å². The van der Waals surface area contributed by atoms with Crippen LogP contribution in [0.15, 0.2) is 21.7 Å². The molecular formula is C5H6N2O3S2. The first-order valence-electron chi connectivity index (χ1n) is 2.88. The lowest BCUT2D eigenvalue weighted by Gasteiger charge is -1.99. The van der Waals surface area contributed by atoms with Gasteiger partial charge < -0.3 is 5.73 Å². The van der Waals surface area contributed by atoms with Crippen LogP contribution in [-0.2, 0) is 10.0 Å². The maximum atomic E-state index is 11.1. The van der Waals surface area contributed by atoms with Crippen LogP contribution in [0.2, 0.25) is 0 Å². The number of urea groups is 1. The molecule has 7 heteroatoms. The van der Waals surface area contributed by atoms with Crippen molar-refractivity contribution in [1.29, 1.82) is 0 Å². The van der Waals surface area contributed by atoms with Crippen molar-refractivity contribution in [2.24, 2.45) is 5.73 Å². The number of nitrogens with two attached hydrogens (primary N) is 1. The lowest BCUT2D eigenvalue weighted by Crippen LogP contribution is -2.34. The summed E-state index contributed by atoms with van der Waals surface area (Å²) < 4.78 is 23.9. The van der Waals surface area contributed by atoms with Gasteiger partial charge in [0.15, 0.2) is 0 Å². The summed E-state index contributed by atoms with van der Waals surface area (Å²) in [5.41, 5.74) is 4.66. The molecule has 0 fully saturated rings. The number of primary amides is 1. The molecule has 0 bridgehead atoms. The average Bonchev–Trinajstić information content (AvgIpc) is 2.32. The van der Waals surface area contributed by atoms with Crippen molar-refractivity contribution in [1.82, 2.24) is 4.72 Å². The van der Waals surface area contributed by atoms with Gasteiger partial charge in [-0.05, 0) is 11.4 Å². The first-order chi connectivity index (χ1) is 5.52. The molecule has 12 heavy (non-hydrogen) atoms. The highest BCUT2D eigenvalue weighted by Gasteiger charge is 2.15. The molecule has 1 heterocycles. The molecule has 0 aromatic carbocycles. The second-order valence-electron chi connectivity index (χ2n) is 1.90. The van der Waals surface area contributed by atoms with E-state index in [0.29, 0.717) is 0 Å².